The lowest BCUT2D eigenvalue weighted by molar-refractivity contribution is -0.137. The number of benzene rings is 3. The summed E-state index contributed by atoms with van der Waals surface area (Å²) in [7, 11) is 0. The lowest BCUT2D eigenvalue weighted by Gasteiger charge is -2.08. The second-order valence-electron chi connectivity index (χ2n) is 7.08. The third kappa shape index (κ3) is 7.20. The van der Waals surface area contributed by atoms with Gasteiger partial charge < -0.3 is 10.1 Å². The number of nitrogens with one attached hydrogen (secondary N) is 2. The van der Waals surface area contributed by atoms with Crippen molar-refractivity contribution < 1.29 is 27.5 Å². The molecular weight excluding hydrogens is 435 g/mol. The standard InChI is InChI=1S/C24H20F3N3O3/c1-16-3-2-4-18(13-16)15-33-21-11-5-17(6-12-21)14-28-30-23(32)22(31)29-20-9-7-19(8-10-20)24(25,26)27/h2-14H,15H2,1H3,(H,29,31)(H,30,32)/b28-14+. The molecule has 0 aliphatic rings. The van der Waals surface area contributed by atoms with Crippen LogP contribution in [0.4, 0.5) is 18.9 Å². The summed E-state index contributed by atoms with van der Waals surface area (Å²) in [6, 6.07) is 18.7. The molecule has 0 atom stereocenters. The van der Waals surface area contributed by atoms with E-state index >= 15 is 0 Å². The fourth-order valence-electron chi connectivity index (χ4n) is 2.77. The molecule has 0 saturated carbocycles. The third-order valence-corrected chi connectivity index (χ3v) is 4.42. The number of alkyl halides is 3. The van der Waals surface area contributed by atoms with Crippen molar-refractivity contribution in [2.75, 3.05) is 5.32 Å². The maximum atomic E-state index is 12.6. The van der Waals surface area contributed by atoms with Crippen LogP contribution in [0, 0.1) is 6.92 Å². The van der Waals surface area contributed by atoms with Crippen molar-refractivity contribution in [2.24, 2.45) is 5.10 Å². The molecule has 0 bridgehead atoms. The highest BCUT2D eigenvalue weighted by atomic mass is 19.4. The number of anilines is 1. The Balaban J connectivity index is 1.46. The molecule has 9 heteroatoms. The molecule has 6 nitrogen and oxygen atoms in total. The van der Waals surface area contributed by atoms with Gasteiger partial charge in [0.25, 0.3) is 0 Å². The number of hydrazone groups is 1. The van der Waals surface area contributed by atoms with Crippen molar-refractivity contribution in [3.8, 4) is 5.75 Å². The van der Waals surface area contributed by atoms with Gasteiger partial charge in [0.15, 0.2) is 0 Å². The molecular formula is C24H20F3N3O3. The van der Waals surface area contributed by atoms with Crippen LogP contribution >= 0.6 is 0 Å². The van der Waals surface area contributed by atoms with Crippen molar-refractivity contribution in [1.29, 1.82) is 0 Å². The molecule has 2 amide bonds. The van der Waals surface area contributed by atoms with E-state index in [-0.39, 0.29) is 5.69 Å². The van der Waals surface area contributed by atoms with Crippen molar-refractivity contribution in [1.82, 2.24) is 5.43 Å². The van der Waals surface area contributed by atoms with E-state index in [1.165, 1.54) is 6.21 Å². The van der Waals surface area contributed by atoms with E-state index in [1.54, 1.807) is 24.3 Å². The number of aryl methyl sites for hydroxylation is 1. The Morgan fingerprint density at radius 2 is 1.67 bits per heavy atom. The highest BCUT2D eigenvalue weighted by molar-refractivity contribution is 6.39. The van der Waals surface area contributed by atoms with Crippen LogP contribution < -0.4 is 15.5 Å². The molecule has 0 spiro atoms. The quantitative estimate of drug-likeness (QED) is 0.322. The lowest BCUT2D eigenvalue weighted by Crippen LogP contribution is -2.32. The van der Waals surface area contributed by atoms with Crippen molar-refractivity contribution in [3.63, 3.8) is 0 Å². The van der Waals surface area contributed by atoms with Gasteiger partial charge in [-0.15, -0.1) is 0 Å². The molecule has 0 radical (unpaired) electrons. The van der Waals surface area contributed by atoms with Crippen LogP contribution in [0.3, 0.4) is 0 Å². The van der Waals surface area contributed by atoms with E-state index in [0.29, 0.717) is 17.9 Å². The first-order valence-electron chi connectivity index (χ1n) is 9.81. The molecule has 2 N–H and O–H groups in total. The second kappa shape index (κ2) is 10.4. The van der Waals surface area contributed by atoms with Gasteiger partial charge >= 0.3 is 18.0 Å². The summed E-state index contributed by atoms with van der Waals surface area (Å²) in [4.78, 5) is 23.7. The SMILES string of the molecule is Cc1cccc(COc2ccc(/C=N/NC(=O)C(=O)Nc3ccc(C(F)(F)F)cc3)cc2)c1. The zero-order valence-corrected chi connectivity index (χ0v) is 17.5. The maximum absolute atomic E-state index is 12.6. The molecule has 0 aromatic heterocycles. The molecule has 33 heavy (non-hydrogen) atoms. The smallest absolute Gasteiger partial charge is 0.416 e. The monoisotopic (exact) mass is 455 g/mol. The highest BCUT2D eigenvalue weighted by Crippen LogP contribution is 2.29. The number of carbonyl (C=O) groups excluding carboxylic acids is 2. The fraction of sp³-hybridized carbons (Fsp3) is 0.125. The van der Waals surface area contributed by atoms with Crippen LogP contribution in [-0.2, 0) is 22.4 Å². The largest absolute Gasteiger partial charge is 0.489 e. The molecule has 0 aliphatic heterocycles. The molecule has 3 rings (SSSR count). The van der Waals surface area contributed by atoms with E-state index in [1.807, 2.05) is 31.2 Å². The van der Waals surface area contributed by atoms with Gasteiger partial charge in [-0.2, -0.15) is 18.3 Å². The molecule has 3 aromatic rings. The summed E-state index contributed by atoms with van der Waals surface area (Å²) in [5.41, 5.74) is 4.11. The highest BCUT2D eigenvalue weighted by Gasteiger charge is 2.30. The van der Waals surface area contributed by atoms with Gasteiger partial charge in [-0.05, 0) is 66.6 Å². The number of nitrogens with zero attached hydrogens (tertiary/aromatic N) is 1. The van der Waals surface area contributed by atoms with Crippen LogP contribution in [-0.4, -0.2) is 18.0 Å². The fourth-order valence-corrected chi connectivity index (χ4v) is 2.77. The van der Waals surface area contributed by atoms with E-state index in [9.17, 15) is 22.8 Å². The number of halogens is 3. The van der Waals surface area contributed by atoms with E-state index in [4.69, 9.17) is 4.74 Å². The van der Waals surface area contributed by atoms with Gasteiger partial charge in [-0.3, -0.25) is 9.59 Å². The molecule has 0 saturated heterocycles. The first kappa shape index (κ1) is 23.5. The predicted molar refractivity (Wildman–Crippen MR) is 118 cm³/mol. The van der Waals surface area contributed by atoms with Crippen molar-refractivity contribution in [2.45, 2.75) is 19.7 Å². The Morgan fingerprint density at radius 1 is 0.970 bits per heavy atom. The number of carbonyl (C=O) groups is 2. The molecule has 170 valence electrons. The second-order valence-corrected chi connectivity index (χ2v) is 7.08. The van der Waals surface area contributed by atoms with Gasteiger partial charge in [-0.25, -0.2) is 5.43 Å². The Kier molecular flexibility index (Phi) is 7.45. The minimum Gasteiger partial charge on any atom is -0.489 e. The summed E-state index contributed by atoms with van der Waals surface area (Å²) in [5, 5.41) is 5.91. The lowest BCUT2D eigenvalue weighted by atomic mass is 10.1. The van der Waals surface area contributed by atoms with E-state index in [2.05, 4.69) is 15.8 Å². The van der Waals surface area contributed by atoms with Gasteiger partial charge in [0, 0.05) is 5.69 Å². The Bertz CT molecular complexity index is 1140. The summed E-state index contributed by atoms with van der Waals surface area (Å²) >= 11 is 0. The van der Waals surface area contributed by atoms with Crippen molar-refractivity contribution in [3.05, 3.63) is 95.1 Å². The van der Waals surface area contributed by atoms with Crippen LogP contribution in [0.25, 0.3) is 0 Å². The number of hydrogen-bond acceptors (Lipinski definition) is 4. The number of rotatable bonds is 6. The predicted octanol–water partition coefficient (Wildman–Crippen LogP) is 4.68. The Labute approximate surface area is 188 Å². The normalized spacial score (nSPS) is 11.3. The van der Waals surface area contributed by atoms with Crippen LogP contribution in [0.2, 0.25) is 0 Å². The first-order valence-corrected chi connectivity index (χ1v) is 9.81. The molecule has 3 aromatic carbocycles. The summed E-state index contributed by atoms with van der Waals surface area (Å²) < 4.78 is 43.4. The number of ether oxygens (including phenoxy) is 1. The van der Waals surface area contributed by atoms with Crippen molar-refractivity contribution >= 4 is 23.7 Å². The molecule has 0 unspecified atom stereocenters. The average Bonchev–Trinajstić information content (AvgIpc) is 2.78. The molecule has 0 aliphatic carbocycles. The zero-order chi connectivity index (χ0) is 23.8. The first-order chi connectivity index (χ1) is 15.7. The minimum absolute atomic E-state index is 0.0494. The minimum atomic E-state index is -4.49. The van der Waals surface area contributed by atoms with Crippen LogP contribution in [0.15, 0.2) is 77.9 Å². The van der Waals surface area contributed by atoms with Crippen LogP contribution in [0.1, 0.15) is 22.3 Å². The maximum Gasteiger partial charge on any atom is 0.416 e. The summed E-state index contributed by atoms with van der Waals surface area (Å²) in [6.45, 7) is 2.44. The van der Waals surface area contributed by atoms with Crippen LogP contribution in [0.5, 0.6) is 5.75 Å². The molecule has 0 heterocycles. The third-order valence-electron chi connectivity index (χ3n) is 4.42. The van der Waals surface area contributed by atoms with Gasteiger partial charge in [0.05, 0.1) is 11.8 Å². The topological polar surface area (TPSA) is 79.8 Å². The zero-order valence-electron chi connectivity index (χ0n) is 17.5. The number of hydrogen-bond donors (Lipinski definition) is 2. The number of amides is 2. The molecule has 0 fully saturated rings. The van der Waals surface area contributed by atoms with Gasteiger partial charge in [0.1, 0.15) is 12.4 Å². The average molecular weight is 455 g/mol. The Hall–Kier alpha value is -4.14. The van der Waals surface area contributed by atoms with E-state index in [0.717, 1.165) is 35.4 Å². The van der Waals surface area contributed by atoms with Gasteiger partial charge in [-0.1, -0.05) is 29.8 Å². The van der Waals surface area contributed by atoms with Gasteiger partial charge in [0.2, 0.25) is 0 Å². The summed E-state index contributed by atoms with van der Waals surface area (Å²) in [6.07, 6.45) is -3.15. The summed E-state index contributed by atoms with van der Waals surface area (Å²) in [5.74, 6) is -1.47. The van der Waals surface area contributed by atoms with E-state index < -0.39 is 23.6 Å². The Morgan fingerprint density at radius 3 is 2.30 bits per heavy atom.